The van der Waals surface area contributed by atoms with Gasteiger partial charge in [-0.05, 0) is 86.5 Å². The molecular weight excluding hydrogens is 896 g/mol. The number of fused-ring (bicyclic) bond motifs is 3. The Morgan fingerprint density at radius 2 is 1.01 bits per heavy atom. The lowest BCUT2D eigenvalue weighted by Gasteiger charge is -2.64. The molecule has 0 amide bonds. The number of esters is 1. The minimum Gasteiger partial charge on any atom is -0.432 e. The van der Waals surface area contributed by atoms with Gasteiger partial charge in [0.1, 0.15) is 91.6 Å². The molecule has 67 heavy (non-hydrogen) atoms. The molecule has 8 aliphatic rings. The maximum absolute atomic E-state index is 14.7. The quantitative estimate of drug-likeness (QED) is 0.0494. The fraction of sp³-hybridized carbons (Fsp3) is 0.932. The van der Waals surface area contributed by atoms with E-state index in [0.717, 1.165) is 12.0 Å². The fourth-order valence-corrected chi connectivity index (χ4v) is 13.5. The van der Waals surface area contributed by atoms with Crippen molar-refractivity contribution in [2.45, 2.75) is 200 Å². The third kappa shape index (κ3) is 8.63. The molecule has 384 valence electrons. The number of hydrogen-bond acceptors (Lipinski definition) is 23. The largest absolute Gasteiger partial charge is 0.432 e. The monoisotopic (exact) mass is 966 g/mol. The maximum Gasteiger partial charge on any atom is 0.314 e. The minimum atomic E-state index is -1.90. The van der Waals surface area contributed by atoms with Crippen molar-refractivity contribution in [3.05, 3.63) is 12.2 Å². The lowest BCUT2D eigenvalue weighted by atomic mass is 9.41. The first-order valence-corrected chi connectivity index (χ1v) is 23.4. The molecule has 8 fully saturated rings. The maximum atomic E-state index is 14.7. The van der Waals surface area contributed by atoms with Crippen molar-refractivity contribution in [3.8, 4) is 0 Å². The van der Waals surface area contributed by atoms with Crippen molar-refractivity contribution in [1.82, 2.24) is 0 Å². The molecule has 8 rings (SSSR count). The molecule has 4 saturated carbocycles. The summed E-state index contributed by atoms with van der Waals surface area (Å²) in [5.74, 6) is -0.927. The zero-order valence-corrected chi connectivity index (χ0v) is 37.5. The van der Waals surface area contributed by atoms with Crippen molar-refractivity contribution in [2.24, 2.45) is 28.1 Å². The summed E-state index contributed by atoms with van der Waals surface area (Å²) in [7, 11) is 0. The van der Waals surface area contributed by atoms with Gasteiger partial charge in [-0.1, -0.05) is 19.9 Å². The highest BCUT2D eigenvalue weighted by Gasteiger charge is 2.69. The van der Waals surface area contributed by atoms with Crippen molar-refractivity contribution >= 4 is 5.97 Å². The summed E-state index contributed by atoms with van der Waals surface area (Å²) in [5, 5.41) is 147. The molecule has 4 aliphatic carbocycles. The van der Waals surface area contributed by atoms with Crippen LogP contribution in [0.1, 0.15) is 71.6 Å². The van der Waals surface area contributed by atoms with Crippen LogP contribution >= 0.6 is 0 Å². The van der Waals surface area contributed by atoms with E-state index in [1.165, 1.54) is 0 Å². The number of carbonyl (C=O) groups is 1. The van der Waals surface area contributed by atoms with Crippen LogP contribution in [0, 0.1) is 28.1 Å². The van der Waals surface area contributed by atoms with Gasteiger partial charge in [0, 0.05) is 0 Å². The smallest absolute Gasteiger partial charge is 0.314 e. The molecule has 23 heteroatoms. The molecule has 0 aromatic heterocycles. The fourth-order valence-electron chi connectivity index (χ4n) is 13.5. The van der Waals surface area contributed by atoms with Gasteiger partial charge in [-0.25, -0.2) is 0 Å². The van der Waals surface area contributed by atoms with E-state index in [9.17, 15) is 76.3 Å². The number of carbonyl (C=O) groups excluding carboxylic acids is 1. The van der Waals surface area contributed by atoms with E-state index in [2.05, 4.69) is 13.5 Å². The lowest BCUT2D eigenvalue weighted by molar-refractivity contribution is -0.378. The molecular formula is C44H70O23. The number of hydrogen-bond donors (Lipinski definition) is 14. The Balaban J connectivity index is 1.01. The Kier molecular flexibility index (Phi) is 15.0. The van der Waals surface area contributed by atoms with Gasteiger partial charge in [-0.3, -0.25) is 4.79 Å². The Labute approximate surface area is 386 Å². The highest BCUT2D eigenvalue weighted by Crippen LogP contribution is 2.73. The highest BCUT2D eigenvalue weighted by molar-refractivity contribution is 5.77. The van der Waals surface area contributed by atoms with E-state index in [4.69, 9.17) is 37.9 Å². The van der Waals surface area contributed by atoms with Crippen LogP contribution in [-0.2, 0) is 42.7 Å². The molecule has 0 aromatic rings. The normalized spacial score (nSPS) is 54.5. The van der Waals surface area contributed by atoms with Crippen molar-refractivity contribution in [1.29, 1.82) is 0 Å². The molecule has 4 saturated heterocycles. The van der Waals surface area contributed by atoms with Crippen LogP contribution < -0.4 is 0 Å². The molecule has 4 heterocycles. The van der Waals surface area contributed by atoms with Crippen LogP contribution in [0.2, 0.25) is 0 Å². The average Bonchev–Trinajstić information content (AvgIpc) is 3.50. The molecule has 0 aromatic carbocycles. The first-order valence-electron chi connectivity index (χ1n) is 23.4. The van der Waals surface area contributed by atoms with Crippen molar-refractivity contribution in [2.75, 3.05) is 26.4 Å². The topological polar surface area (TPSA) is 374 Å². The molecule has 0 radical (unpaired) electrons. The summed E-state index contributed by atoms with van der Waals surface area (Å²) in [6.07, 6.45) is -28.3. The molecule has 23 nitrogen and oxygen atoms in total. The van der Waals surface area contributed by atoms with Crippen LogP contribution in [0.5, 0.6) is 0 Å². The van der Waals surface area contributed by atoms with Crippen LogP contribution in [-0.4, -0.2) is 232 Å². The van der Waals surface area contributed by atoms with Crippen LogP contribution in [0.4, 0.5) is 0 Å². The van der Waals surface area contributed by atoms with Gasteiger partial charge in [-0.15, -0.1) is 0 Å². The van der Waals surface area contributed by atoms with Gasteiger partial charge in [-0.2, -0.15) is 0 Å². The second-order valence-electron chi connectivity index (χ2n) is 20.8. The summed E-state index contributed by atoms with van der Waals surface area (Å²) >= 11 is 0. The Morgan fingerprint density at radius 1 is 0.567 bits per heavy atom. The van der Waals surface area contributed by atoms with E-state index in [-0.39, 0.29) is 17.3 Å². The molecule has 14 N–H and O–H groups in total. The minimum absolute atomic E-state index is 0.0251. The molecule has 26 atom stereocenters. The second kappa shape index (κ2) is 19.4. The Hall–Kier alpha value is -1.63. The van der Waals surface area contributed by atoms with Crippen molar-refractivity contribution < 1.29 is 114 Å². The van der Waals surface area contributed by atoms with Gasteiger partial charge < -0.3 is 109 Å². The predicted molar refractivity (Wildman–Crippen MR) is 219 cm³/mol. The average molecular weight is 967 g/mol. The Bertz CT molecular complexity index is 1760. The zero-order valence-electron chi connectivity index (χ0n) is 37.5. The van der Waals surface area contributed by atoms with Crippen LogP contribution in [0.15, 0.2) is 12.2 Å². The van der Waals surface area contributed by atoms with E-state index in [1.807, 2.05) is 6.92 Å². The summed E-state index contributed by atoms with van der Waals surface area (Å²) in [6.45, 7) is 5.47. The standard InChI is InChI=1S/C44H70O23/c1-17-11-43-9-5-22-41(2,7-4-8-42(22,3)40(59)66-38-34(30(55)26(51)20(14-47)62-38)64-36-32(57)28(53)24(49)18(12-45)60-36)23(43)6-10-44(17,16-43)67-39-35(31(56)27(52)21(15-48)63-39)65-37-33(58)29(54)25(50)19(13-46)61-37/h18-39,45-58H,1,4-16H2,2-3H3/t18-,19-,20-,21-,22-,23-,24-,25-,26-,27-,28+,29+,30+,31+,32-,33-,34-,35-,36+,37+,38+,39+,41+,42-,43+,44-/m1/s1. The van der Waals surface area contributed by atoms with E-state index < -0.39 is 172 Å². The summed E-state index contributed by atoms with van der Waals surface area (Å²) in [6, 6.07) is 0. The first-order chi connectivity index (χ1) is 31.6. The summed E-state index contributed by atoms with van der Waals surface area (Å²) in [4.78, 5) is 14.7. The molecule has 0 unspecified atom stereocenters. The lowest BCUT2D eigenvalue weighted by Crippen LogP contribution is -2.66. The number of ether oxygens (including phenoxy) is 8. The van der Waals surface area contributed by atoms with Gasteiger partial charge in [0.2, 0.25) is 6.29 Å². The second-order valence-corrected chi connectivity index (χ2v) is 20.8. The summed E-state index contributed by atoms with van der Waals surface area (Å²) in [5.41, 5.74) is -2.29. The van der Waals surface area contributed by atoms with E-state index >= 15 is 0 Å². The van der Waals surface area contributed by atoms with E-state index in [0.29, 0.717) is 51.4 Å². The zero-order chi connectivity index (χ0) is 48.7. The summed E-state index contributed by atoms with van der Waals surface area (Å²) < 4.78 is 47.6. The number of rotatable bonds is 12. The number of aliphatic hydroxyl groups excluding tert-OH is 14. The Morgan fingerprint density at radius 3 is 1.52 bits per heavy atom. The van der Waals surface area contributed by atoms with Crippen LogP contribution in [0.3, 0.4) is 0 Å². The van der Waals surface area contributed by atoms with Crippen LogP contribution in [0.25, 0.3) is 0 Å². The predicted octanol–water partition coefficient (Wildman–Crippen LogP) is -5.11. The highest BCUT2D eigenvalue weighted by atomic mass is 16.8. The van der Waals surface area contributed by atoms with E-state index in [1.54, 1.807) is 0 Å². The van der Waals surface area contributed by atoms with Gasteiger partial charge in [0.15, 0.2) is 25.0 Å². The first kappa shape index (κ1) is 51.7. The SMILES string of the molecule is C=C1C[C@]23CC[C@@H]4[C@](C)(CCC[C@@]4(C)C(=O)O[C@@H]4O[C@H](CO)[C@@H](O)[C@H](O)[C@H]4O[C@@H]4O[C@H](CO)[C@@H](O)[C@H](O)[C@H]4O)[C@H]2CC[C@@]1(O[C@@H]1O[C@H](CO)[C@@H](O)[C@H](O)[C@H]1O[C@@H]1O[C@H](CO)[C@@H](O)[C@H](O)[C@H]1O)C3. The molecule has 4 aliphatic heterocycles. The third-order valence-corrected chi connectivity index (χ3v) is 17.1. The van der Waals surface area contributed by atoms with Gasteiger partial charge in [0.05, 0.1) is 37.4 Å². The number of aliphatic hydroxyl groups is 14. The molecule has 1 spiro atoms. The van der Waals surface area contributed by atoms with Gasteiger partial charge >= 0.3 is 5.97 Å². The molecule has 2 bridgehead atoms. The third-order valence-electron chi connectivity index (χ3n) is 17.1. The van der Waals surface area contributed by atoms with Crippen molar-refractivity contribution in [3.63, 3.8) is 0 Å². The van der Waals surface area contributed by atoms with Gasteiger partial charge in [0.25, 0.3) is 0 Å².